The second-order valence-corrected chi connectivity index (χ2v) is 9.22. The second kappa shape index (κ2) is 9.68. The Morgan fingerprint density at radius 3 is 2.34 bits per heavy atom. The van der Waals surface area contributed by atoms with Gasteiger partial charge in [-0.3, -0.25) is 4.79 Å². The largest absolute Gasteiger partial charge is 0.496 e. The summed E-state index contributed by atoms with van der Waals surface area (Å²) < 4.78 is 17.8. The molecule has 8 heteroatoms. The molecule has 0 radical (unpaired) electrons. The van der Waals surface area contributed by atoms with Gasteiger partial charge in [0.15, 0.2) is 12.9 Å². The molecule has 0 atom stereocenters. The second-order valence-electron chi connectivity index (χ2n) is 8.43. The van der Waals surface area contributed by atoms with E-state index in [2.05, 4.69) is 4.85 Å². The molecule has 0 aliphatic carbocycles. The fraction of sp³-hybridized carbons (Fsp3) is 0.333. The van der Waals surface area contributed by atoms with Crippen molar-refractivity contribution in [1.82, 2.24) is 0 Å². The lowest BCUT2D eigenvalue weighted by Gasteiger charge is -2.32. The molecule has 1 saturated heterocycles. The van der Waals surface area contributed by atoms with E-state index in [0.29, 0.717) is 33.2 Å². The SMILES string of the molecule is [C-]#[N+]CCOc1cc(/C=C/c2cccc(B3OC(C)(C)C(C)(C)O3)c2Cl)c(Cl)cc1C=O. The first-order chi connectivity index (χ1) is 15.1. The van der Waals surface area contributed by atoms with E-state index in [4.69, 9.17) is 43.8 Å². The van der Waals surface area contributed by atoms with Gasteiger partial charge in [0.2, 0.25) is 6.54 Å². The summed E-state index contributed by atoms with van der Waals surface area (Å²) in [6, 6.07) is 8.88. The lowest BCUT2D eigenvalue weighted by molar-refractivity contribution is 0.00578. The van der Waals surface area contributed by atoms with E-state index in [1.807, 2.05) is 52.0 Å². The monoisotopic (exact) mass is 471 g/mol. The van der Waals surface area contributed by atoms with Crippen molar-refractivity contribution in [3.63, 3.8) is 0 Å². The number of ether oxygens (including phenoxy) is 1. The number of halogens is 2. The van der Waals surface area contributed by atoms with Gasteiger partial charge in [0.05, 0.1) is 16.8 Å². The third kappa shape index (κ3) is 5.03. The minimum absolute atomic E-state index is 0.192. The van der Waals surface area contributed by atoms with E-state index >= 15 is 0 Å². The van der Waals surface area contributed by atoms with Gasteiger partial charge in [-0.1, -0.05) is 53.6 Å². The highest BCUT2D eigenvalue weighted by Crippen LogP contribution is 2.37. The fourth-order valence-electron chi connectivity index (χ4n) is 3.16. The standard InChI is InChI=1S/C24H24BCl2NO4/c1-23(2)24(3,4)32-25(31-23)19-8-6-7-16(22(19)27)9-10-17-14-21(30-12-11-28-5)18(15-29)13-20(17)26/h6-10,13-15H,11-12H2,1-4H3/b10-9+. The molecule has 0 amide bonds. The lowest BCUT2D eigenvalue weighted by atomic mass is 9.78. The number of benzene rings is 2. The highest BCUT2D eigenvalue weighted by atomic mass is 35.5. The van der Waals surface area contributed by atoms with E-state index < -0.39 is 18.3 Å². The van der Waals surface area contributed by atoms with E-state index in [1.54, 1.807) is 18.2 Å². The Balaban J connectivity index is 1.89. The zero-order valence-electron chi connectivity index (χ0n) is 18.4. The summed E-state index contributed by atoms with van der Waals surface area (Å²) in [6.45, 7) is 15.2. The number of hydrogen-bond acceptors (Lipinski definition) is 4. The van der Waals surface area contributed by atoms with Crippen LogP contribution in [0.5, 0.6) is 5.75 Å². The first kappa shape index (κ1) is 24.3. The first-order valence-electron chi connectivity index (χ1n) is 10.2. The smallest absolute Gasteiger partial charge is 0.485 e. The molecule has 166 valence electrons. The van der Waals surface area contributed by atoms with Crippen molar-refractivity contribution in [2.75, 3.05) is 13.2 Å². The van der Waals surface area contributed by atoms with Crippen molar-refractivity contribution in [3.8, 4) is 5.75 Å². The summed E-state index contributed by atoms with van der Waals surface area (Å²) in [5, 5.41) is 0.926. The first-order valence-corrected chi connectivity index (χ1v) is 10.9. The predicted octanol–water partition coefficient (Wildman–Crippen LogP) is 5.57. The number of carbonyl (C=O) groups is 1. The molecule has 1 fully saturated rings. The van der Waals surface area contributed by atoms with Crippen molar-refractivity contribution in [2.45, 2.75) is 38.9 Å². The van der Waals surface area contributed by atoms with Crippen LogP contribution in [0.25, 0.3) is 17.0 Å². The maximum Gasteiger partial charge on any atom is 0.496 e. The van der Waals surface area contributed by atoms with Gasteiger partial charge in [0.25, 0.3) is 0 Å². The quantitative estimate of drug-likeness (QED) is 0.174. The highest BCUT2D eigenvalue weighted by molar-refractivity contribution is 6.66. The third-order valence-electron chi connectivity index (χ3n) is 5.72. The van der Waals surface area contributed by atoms with Crippen molar-refractivity contribution < 1.29 is 18.8 Å². The van der Waals surface area contributed by atoms with Crippen LogP contribution in [0.2, 0.25) is 10.0 Å². The number of nitrogens with zero attached hydrogens (tertiary/aromatic N) is 1. The van der Waals surface area contributed by atoms with Crippen LogP contribution in [0.4, 0.5) is 0 Å². The van der Waals surface area contributed by atoms with Gasteiger partial charge in [-0.05, 0) is 51.0 Å². The van der Waals surface area contributed by atoms with Gasteiger partial charge in [-0.25, -0.2) is 6.57 Å². The van der Waals surface area contributed by atoms with E-state index in [0.717, 1.165) is 11.0 Å². The van der Waals surface area contributed by atoms with Gasteiger partial charge >= 0.3 is 7.12 Å². The molecule has 3 rings (SSSR count). The summed E-state index contributed by atoms with van der Waals surface area (Å²) in [6.07, 6.45) is 4.31. The Morgan fingerprint density at radius 2 is 1.72 bits per heavy atom. The molecular formula is C24H24BCl2NO4. The maximum absolute atomic E-state index is 11.3. The molecule has 1 heterocycles. The molecule has 1 aliphatic heterocycles. The normalized spacial score (nSPS) is 16.8. The van der Waals surface area contributed by atoms with E-state index in [1.165, 1.54) is 0 Å². The number of carbonyl (C=O) groups excluding carboxylic acids is 1. The van der Waals surface area contributed by atoms with Gasteiger partial charge in [-0.2, -0.15) is 0 Å². The molecule has 0 bridgehead atoms. The number of aldehydes is 1. The maximum atomic E-state index is 11.3. The van der Waals surface area contributed by atoms with Crippen LogP contribution < -0.4 is 10.2 Å². The number of hydrogen-bond donors (Lipinski definition) is 0. The van der Waals surface area contributed by atoms with Crippen LogP contribution in [0, 0.1) is 6.57 Å². The van der Waals surface area contributed by atoms with Crippen LogP contribution >= 0.6 is 23.2 Å². The molecule has 0 aromatic heterocycles. The van der Waals surface area contributed by atoms with Gasteiger partial charge in [0, 0.05) is 15.5 Å². The third-order valence-corrected chi connectivity index (χ3v) is 6.49. The van der Waals surface area contributed by atoms with Crippen LogP contribution in [-0.2, 0) is 9.31 Å². The summed E-state index contributed by atoms with van der Waals surface area (Å²) in [7, 11) is -0.571. The van der Waals surface area contributed by atoms with Crippen LogP contribution in [-0.4, -0.2) is 37.8 Å². The Hall–Kier alpha value is -2.30. The zero-order chi connectivity index (χ0) is 23.5. The summed E-state index contributed by atoms with van der Waals surface area (Å²) in [5.74, 6) is 0.379. The summed E-state index contributed by atoms with van der Waals surface area (Å²) in [5.41, 5.74) is 1.57. The van der Waals surface area contributed by atoms with Gasteiger partial charge in [-0.15, -0.1) is 0 Å². The van der Waals surface area contributed by atoms with Crippen LogP contribution in [0.3, 0.4) is 0 Å². The highest BCUT2D eigenvalue weighted by Gasteiger charge is 2.52. The van der Waals surface area contributed by atoms with Crippen molar-refractivity contribution in [1.29, 1.82) is 0 Å². The Morgan fingerprint density at radius 1 is 1.06 bits per heavy atom. The molecule has 1 aliphatic rings. The number of rotatable bonds is 7. The fourth-order valence-corrected chi connectivity index (χ4v) is 3.67. The van der Waals surface area contributed by atoms with Crippen molar-refractivity contribution >= 4 is 54.2 Å². The minimum atomic E-state index is -0.571. The molecule has 5 nitrogen and oxygen atoms in total. The molecular weight excluding hydrogens is 448 g/mol. The lowest BCUT2D eigenvalue weighted by Crippen LogP contribution is -2.41. The minimum Gasteiger partial charge on any atom is -0.485 e. The predicted molar refractivity (Wildman–Crippen MR) is 130 cm³/mol. The molecule has 2 aromatic rings. The Kier molecular flexibility index (Phi) is 7.37. The summed E-state index contributed by atoms with van der Waals surface area (Å²) >= 11 is 13.1. The zero-order valence-corrected chi connectivity index (χ0v) is 20.0. The van der Waals surface area contributed by atoms with Crippen LogP contribution in [0.15, 0.2) is 30.3 Å². The molecule has 0 N–H and O–H groups in total. The summed E-state index contributed by atoms with van der Waals surface area (Å²) in [4.78, 5) is 14.6. The average molecular weight is 472 g/mol. The van der Waals surface area contributed by atoms with Gasteiger partial charge < -0.3 is 18.9 Å². The molecule has 0 spiro atoms. The van der Waals surface area contributed by atoms with E-state index in [9.17, 15) is 4.79 Å². The average Bonchev–Trinajstić information content (AvgIpc) is 2.95. The van der Waals surface area contributed by atoms with Crippen molar-refractivity contribution in [2.24, 2.45) is 0 Å². The van der Waals surface area contributed by atoms with E-state index in [-0.39, 0.29) is 13.2 Å². The Labute approximate surface area is 199 Å². The molecule has 2 aromatic carbocycles. The molecule has 0 saturated carbocycles. The molecule has 32 heavy (non-hydrogen) atoms. The van der Waals surface area contributed by atoms with Gasteiger partial charge in [0.1, 0.15) is 5.75 Å². The topological polar surface area (TPSA) is 49.1 Å². The Bertz CT molecular complexity index is 1080. The van der Waals surface area contributed by atoms with Crippen molar-refractivity contribution in [3.05, 3.63) is 68.5 Å². The molecule has 0 unspecified atom stereocenters. The van der Waals surface area contributed by atoms with Crippen LogP contribution in [0.1, 0.15) is 49.2 Å².